The normalized spacial score (nSPS) is 12.0. The zero-order chi connectivity index (χ0) is 18.8. The highest BCUT2D eigenvalue weighted by Gasteiger charge is 2.10. The van der Waals surface area contributed by atoms with E-state index in [0.29, 0.717) is 19.0 Å². The number of hydrogen-bond donors (Lipinski definition) is 2. The van der Waals surface area contributed by atoms with Gasteiger partial charge in [-0.2, -0.15) is 0 Å². The number of imidazole rings is 1. The lowest BCUT2D eigenvalue weighted by atomic mass is 10.1. The van der Waals surface area contributed by atoms with Crippen molar-refractivity contribution in [2.45, 2.75) is 26.9 Å². The molecule has 0 spiro atoms. The van der Waals surface area contributed by atoms with Crippen LogP contribution in [0.3, 0.4) is 0 Å². The molecule has 4 aromatic rings. The van der Waals surface area contributed by atoms with Crippen molar-refractivity contribution in [3.63, 3.8) is 0 Å². The van der Waals surface area contributed by atoms with E-state index < -0.39 is 0 Å². The van der Waals surface area contributed by atoms with Gasteiger partial charge in [-0.05, 0) is 32.0 Å². The lowest BCUT2D eigenvalue weighted by Gasteiger charge is -2.10. The number of aryl methyl sites for hydroxylation is 2. The van der Waals surface area contributed by atoms with Crippen LogP contribution in [0.4, 0.5) is 0 Å². The molecule has 0 aliphatic heterocycles. The Balaban J connectivity index is 1.41. The van der Waals surface area contributed by atoms with Crippen molar-refractivity contribution in [1.82, 2.24) is 20.0 Å². The molecule has 3 aromatic heterocycles. The van der Waals surface area contributed by atoms with Crippen molar-refractivity contribution in [2.75, 3.05) is 7.05 Å². The predicted octanol–water partition coefficient (Wildman–Crippen LogP) is 3.56. The first kappa shape index (κ1) is 17.1. The molecule has 1 aromatic carbocycles. The quantitative estimate of drug-likeness (QED) is 0.431. The van der Waals surface area contributed by atoms with Gasteiger partial charge in [-0.3, -0.25) is 4.99 Å². The Morgan fingerprint density at radius 1 is 1.07 bits per heavy atom. The molecule has 6 nitrogen and oxygen atoms in total. The van der Waals surface area contributed by atoms with E-state index in [4.69, 9.17) is 4.42 Å². The van der Waals surface area contributed by atoms with Gasteiger partial charge in [-0.25, -0.2) is 4.98 Å². The Bertz CT molecular complexity index is 1120. The molecule has 0 saturated carbocycles. The Hall–Kier alpha value is -3.28. The van der Waals surface area contributed by atoms with Crippen molar-refractivity contribution in [3.05, 3.63) is 71.4 Å². The minimum atomic E-state index is 0.574. The third-order valence-electron chi connectivity index (χ3n) is 4.77. The molecule has 2 N–H and O–H groups in total. The van der Waals surface area contributed by atoms with E-state index in [9.17, 15) is 0 Å². The Morgan fingerprint density at radius 2 is 1.89 bits per heavy atom. The maximum absolute atomic E-state index is 5.95. The van der Waals surface area contributed by atoms with Crippen LogP contribution in [-0.2, 0) is 13.1 Å². The van der Waals surface area contributed by atoms with Gasteiger partial charge >= 0.3 is 0 Å². The standard InChI is InChI=1S/C21H23N5O/c1-14-7-6-10-20-25-16(13-26(14)20)11-23-21(22-3)24-12-19-15(2)17-8-4-5-9-18(17)27-19/h4-10,13H,11-12H2,1-3H3,(H2,22,23,24). The molecule has 3 heterocycles. The van der Waals surface area contributed by atoms with Crippen LogP contribution < -0.4 is 10.6 Å². The summed E-state index contributed by atoms with van der Waals surface area (Å²) in [6.07, 6.45) is 2.05. The van der Waals surface area contributed by atoms with E-state index in [0.717, 1.165) is 39.3 Å². The van der Waals surface area contributed by atoms with Crippen LogP contribution in [0.25, 0.3) is 16.6 Å². The molecule has 0 unspecified atom stereocenters. The third kappa shape index (κ3) is 3.38. The van der Waals surface area contributed by atoms with E-state index >= 15 is 0 Å². The van der Waals surface area contributed by atoms with Crippen LogP contribution in [0, 0.1) is 13.8 Å². The fraction of sp³-hybridized carbons (Fsp3) is 0.238. The number of nitrogens with zero attached hydrogens (tertiary/aromatic N) is 3. The van der Waals surface area contributed by atoms with Gasteiger partial charge in [0.2, 0.25) is 0 Å². The Labute approximate surface area is 157 Å². The summed E-state index contributed by atoms with van der Waals surface area (Å²) in [5.74, 6) is 1.63. The zero-order valence-corrected chi connectivity index (χ0v) is 15.8. The van der Waals surface area contributed by atoms with Crippen molar-refractivity contribution in [1.29, 1.82) is 0 Å². The summed E-state index contributed by atoms with van der Waals surface area (Å²) in [6, 6.07) is 14.2. The second kappa shape index (κ2) is 7.15. The molecule has 0 aliphatic rings. The third-order valence-corrected chi connectivity index (χ3v) is 4.77. The van der Waals surface area contributed by atoms with Crippen molar-refractivity contribution in [3.8, 4) is 0 Å². The van der Waals surface area contributed by atoms with Crippen LogP contribution in [0.5, 0.6) is 0 Å². The number of fused-ring (bicyclic) bond motifs is 2. The van der Waals surface area contributed by atoms with Gasteiger partial charge in [0, 0.05) is 29.9 Å². The molecule has 0 saturated heterocycles. The summed E-state index contributed by atoms with van der Waals surface area (Å²) in [5, 5.41) is 7.77. The number of nitrogens with one attached hydrogen (secondary N) is 2. The van der Waals surface area contributed by atoms with Crippen molar-refractivity contribution in [2.24, 2.45) is 4.99 Å². The summed E-state index contributed by atoms with van der Waals surface area (Å²) in [6.45, 7) is 5.32. The number of guanidine groups is 1. The Kier molecular flexibility index (Phi) is 4.54. The second-order valence-electron chi connectivity index (χ2n) is 6.55. The van der Waals surface area contributed by atoms with E-state index in [1.54, 1.807) is 7.05 Å². The first-order valence-corrected chi connectivity index (χ1v) is 9.01. The number of aromatic nitrogens is 2. The van der Waals surface area contributed by atoms with Crippen LogP contribution in [0.1, 0.15) is 22.7 Å². The molecule has 27 heavy (non-hydrogen) atoms. The minimum Gasteiger partial charge on any atom is -0.459 e. The monoisotopic (exact) mass is 361 g/mol. The highest BCUT2D eigenvalue weighted by atomic mass is 16.3. The van der Waals surface area contributed by atoms with Crippen molar-refractivity contribution >= 4 is 22.6 Å². The van der Waals surface area contributed by atoms with Gasteiger partial charge < -0.3 is 19.5 Å². The molecule has 4 rings (SSSR count). The minimum absolute atomic E-state index is 0.574. The van der Waals surface area contributed by atoms with E-state index in [-0.39, 0.29) is 0 Å². The van der Waals surface area contributed by atoms with Gasteiger partial charge in [-0.15, -0.1) is 0 Å². The zero-order valence-electron chi connectivity index (χ0n) is 15.8. The van der Waals surface area contributed by atoms with Gasteiger partial charge in [0.05, 0.1) is 18.8 Å². The first-order chi connectivity index (χ1) is 13.2. The number of hydrogen-bond acceptors (Lipinski definition) is 3. The molecule has 0 radical (unpaired) electrons. The highest BCUT2D eigenvalue weighted by molar-refractivity contribution is 5.82. The molecule has 0 fully saturated rings. The van der Waals surface area contributed by atoms with Crippen LogP contribution >= 0.6 is 0 Å². The SMILES string of the molecule is CN=C(NCc1cn2c(C)cccc2n1)NCc1oc2ccccc2c1C. The maximum Gasteiger partial charge on any atom is 0.191 e. The van der Waals surface area contributed by atoms with Gasteiger partial charge in [0.1, 0.15) is 17.0 Å². The van der Waals surface area contributed by atoms with Gasteiger partial charge in [0.25, 0.3) is 0 Å². The summed E-state index contributed by atoms with van der Waals surface area (Å²) in [4.78, 5) is 8.93. The molecular formula is C21H23N5O. The molecule has 0 aliphatic carbocycles. The largest absolute Gasteiger partial charge is 0.459 e. The number of aliphatic imine (C=N–C) groups is 1. The number of para-hydroxylation sites is 1. The molecule has 0 amide bonds. The fourth-order valence-corrected chi connectivity index (χ4v) is 3.24. The number of rotatable bonds is 4. The van der Waals surface area contributed by atoms with Gasteiger partial charge in [-0.1, -0.05) is 24.3 Å². The van der Waals surface area contributed by atoms with Crippen LogP contribution in [0.15, 0.2) is 58.1 Å². The highest BCUT2D eigenvalue weighted by Crippen LogP contribution is 2.24. The second-order valence-corrected chi connectivity index (χ2v) is 6.55. The fourth-order valence-electron chi connectivity index (χ4n) is 3.24. The lowest BCUT2D eigenvalue weighted by molar-refractivity contribution is 0.534. The summed E-state index contributed by atoms with van der Waals surface area (Å²) < 4.78 is 8.04. The summed E-state index contributed by atoms with van der Waals surface area (Å²) >= 11 is 0. The smallest absolute Gasteiger partial charge is 0.191 e. The molecular weight excluding hydrogens is 338 g/mol. The molecule has 0 atom stereocenters. The molecule has 6 heteroatoms. The van der Waals surface area contributed by atoms with E-state index in [1.165, 1.54) is 0 Å². The van der Waals surface area contributed by atoms with Crippen molar-refractivity contribution < 1.29 is 4.42 Å². The van der Waals surface area contributed by atoms with E-state index in [1.807, 2.05) is 36.5 Å². The maximum atomic E-state index is 5.95. The number of furan rings is 1. The molecule has 0 bridgehead atoms. The average Bonchev–Trinajstić information content (AvgIpc) is 3.24. The topological polar surface area (TPSA) is 66.9 Å². The van der Waals surface area contributed by atoms with Gasteiger partial charge in [0.15, 0.2) is 5.96 Å². The number of benzene rings is 1. The first-order valence-electron chi connectivity index (χ1n) is 9.01. The summed E-state index contributed by atoms with van der Waals surface area (Å²) in [7, 11) is 1.76. The van der Waals surface area contributed by atoms with Crippen LogP contribution in [0.2, 0.25) is 0 Å². The number of pyridine rings is 1. The summed E-state index contributed by atoms with van der Waals surface area (Å²) in [5.41, 5.74) is 5.15. The predicted molar refractivity (Wildman–Crippen MR) is 108 cm³/mol. The van der Waals surface area contributed by atoms with Crippen LogP contribution in [-0.4, -0.2) is 22.4 Å². The Morgan fingerprint density at radius 3 is 2.67 bits per heavy atom. The van der Waals surface area contributed by atoms with E-state index in [2.05, 4.69) is 51.0 Å². The average molecular weight is 361 g/mol. The lowest BCUT2D eigenvalue weighted by Crippen LogP contribution is -2.36. The molecule has 138 valence electrons.